The Morgan fingerprint density at radius 3 is 2.80 bits per heavy atom. The van der Waals surface area contributed by atoms with Crippen LogP contribution in [0.4, 0.5) is 0 Å². The molecule has 0 aliphatic carbocycles. The molecule has 2 N–H and O–H groups in total. The van der Waals surface area contributed by atoms with E-state index in [1.165, 1.54) is 11.1 Å². The monoisotopic (exact) mass is 340 g/mol. The van der Waals surface area contributed by atoms with E-state index >= 15 is 0 Å². The normalized spacial score (nSPS) is 20.7. The summed E-state index contributed by atoms with van der Waals surface area (Å²) in [5.74, 6) is -0.170. The van der Waals surface area contributed by atoms with E-state index in [2.05, 4.69) is 18.2 Å². The van der Waals surface area contributed by atoms with Gasteiger partial charge < -0.3 is 15.5 Å². The van der Waals surface area contributed by atoms with Crippen LogP contribution in [0.3, 0.4) is 0 Å². The maximum absolute atomic E-state index is 12.5. The van der Waals surface area contributed by atoms with Crippen LogP contribution in [0.15, 0.2) is 24.3 Å². The summed E-state index contributed by atoms with van der Waals surface area (Å²) in [7, 11) is 0. The number of amides is 2. The van der Waals surface area contributed by atoms with Crippen molar-refractivity contribution < 1.29 is 9.59 Å². The van der Waals surface area contributed by atoms with Gasteiger partial charge in [-0.05, 0) is 36.8 Å². The number of nitriles is 1. The second kappa shape index (κ2) is 7.66. The van der Waals surface area contributed by atoms with Crippen LogP contribution >= 0.6 is 0 Å². The highest BCUT2D eigenvalue weighted by molar-refractivity contribution is 5.84. The fourth-order valence-electron chi connectivity index (χ4n) is 3.65. The van der Waals surface area contributed by atoms with Gasteiger partial charge in [-0.15, -0.1) is 0 Å². The zero-order valence-corrected chi connectivity index (χ0v) is 14.4. The van der Waals surface area contributed by atoms with E-state index in [1.54, 1.807) is 4.90 Å². The number of likely N-dealkylation sites (tertiary alicyclic amines) is 1. The third kappa shape index (κ3) is 3.83. The maximum Gasteiger partial charge on any atom is 0.240 e. The maximum atomic E-state index is 12.5. The number of hydrogen-bond acceptors (Lipinski definition) is 4. The van der Waals surface area contributed by atoms with Crippen molar-refractivity contribution in [3.8, 4) is 6.07 Å². The van der Waals surface area contributed by atoms with Crippen molar-refractivity contribution in [1.29, 1.82) is 5.26 Å². The number of rotatable bonds is 4. The molecule has 0 spiro atoms. The number of carbonyl (C=O) groups is 2. The molecule has 2 aliphatic heterocycles. The largest absolute Gasteiger partial charge is 0.338 e. The van der Waals surface area contributed by atoms with Crippen molar-refractivity contribution in [2.24, 2.45) is 5.73 Å². The van der Waals surface area contributed by atoms with Crippen LogP contribution in [0.25, 0.3) is 0 Å². The second-order valence-electron chi connectivity index (χ2n) is 6.80. The van der Waals surface area contributed by atoms with Gasteiger partial charge in [0.05, 0.1) is 12.1 Å². The van der Waals surface area contributed by atoms with Crippen LogP contribution in [0.5, 0.6) is 0 Å². The first-order chi connectivity index (χ1) is 12.1. The third-order valence-corrected chi connectivity index (χ3v) is 5.15. The third-order valence-electron chi connectivity index (χ3n) is 5.15. The van der Waals surface area contributed by atoms with Gasteiger partial charge in [-0.25, -0.2) is 0 Å². The fraction of sp³-hybridized carbons (Fsp3) is 0.526. The van der Waals surface area contributed by atoms with Crippen LogP contribution in [-0.4, -0.2) is 46.8 Å². The van der Waals surface area contributed by atoms with Gasteiger partial charge in [0.25, 0.3) is 0 Å². The predicted octanol–water partition coefficient (Wildman–Crippen LogP) is 1.19. The van der Waals surface area contributed by atoms with Gasteiger partial charge in [-0.2, -0.15) is 5.26 Å². The number of fused-ring (bicyclic) bond motifs is 1. The molecular formula is C19H24N4O2. The van der Waals surface area contributed by atoms with Crippen LogP contribution in [0.1, 0.15) is 36.8 Å². The number of hydrogen-bond donors (Lipinski definition) is 1. The van der Waals surface area contributed by atoms with E-state index in [0.29, 0.717) is 32.5 Å². The first-order valence-electron chi connectivity index (χ1n) is 8.90. The fourth-order valence-corrected chi connectivity index (χ4v) is 3.65. The van der Waals surface area contributed by atoms with Crippen LogP contribution < -0.4 is 5.73 Å². The molecule has 0 radical (unpaired) electrons. The van der Waals surface area contributed by atoms with Gasteiger partial charge in [-0.3, -0.25) is 9.59 Å². The van der Waals surface area contributed by atoms with E-state index < -0.39 is 6.04 Å². The summed E-state index contributed by atoms with van der Waals surface area (Å²) < 4.78 is 0. The number of benzene rings is 1. The molecule has 2 atom stereocenters. The first-order valence-corrected chi connectivity index (χ1v) is 8.90. The Morgan fingerprint density at radius 2 is 2.04 bits per heavy atom. The smallest absolute Gasteiger partial charge is 0.240 e. The zero-order valence-electron chi connectivity index (χ0n) is 14.4. The highest BCUT2D eigenvalue weighted by Gasteiger charge is 2.32. The molecule has 1 saturated heterocycles. The first kappa shape index (κ1) is 17.4. The molecule has 2 aliphatic rings. The summed E-state index contributed by atoms with van der Waals surface area (Å²) in [6.07, 6.45) is 3.00. The molecule has 132 valence electrons. The van der Waals surface area contributed by atoms with Gasteiger partial charge in [0.15, 0.2) is 0 Å². The Morgan fingerprint density at radius 1 is 1.28 bits per heavy atom. The van der Waals surface area contributed by atoms with Gasteiger partial charge in [0, 0.05) is 26.1 Å². The summed E-state index contributed by atoms with van der Waals surface area (Å²) in [6.45, 7) is 1.92. The average molecular weight is 340 g/mol. The molecular weight excluding hydrogens is 316 g/mol. The minimum atomic E-state index is -0.713. The number of nitrogens with two attached hydrogens (primary N) is 1. The highest BCUT2D eigenvalue weighted by atomic mass is 16.2. The Bertz CT molecular complexity index is 697. The lowest BCUT2D eigenvalue weighted by Gasteiger charge is -2.29. The van der Waals surface area contributed by atoms with Gasteiger partial charge >= 0.3 is 0 Å². The molecule has 0 bridgehead atoms. The Hall–Kier alpha value is -2.39. The molecule has 3 rings (SSSR count). The summed E-state index contributed by atoms with van der Waals surface area (Å²) in [5, 5.41) is 9.09. The van der Waals surface area contributed by atoms with Crippen LogP contribution in [0.2, 0.25) is 0 Å². The summed E-state index contributed by atoms with van der Waals surface area (Å²) in [4.78, 5) is 28.3. The number of nitrogens with zero attached hydrogens (tertiary/aromatic N) is 3. The molecule has 0 saturated carbocycles. The summed E-state index contributed by atoms with van der Waals surface area (Å²) >= 11 is 0. The predicted molar refractivity (Wildman–Crippen MR) is 93.1 cm³/mol. The van der Waals surface area contributed by atoms with Crippen molar-refractivity contribution >= 4 is 11.8 Å². The lowest BCUT2D eigenvalue weighted by Crippen LogP contribution is -2.46. The molecule has 1 aromatic rings. The van der Waals surface area contributed by atoms with E-state index in [9.17, 15) is 9.59 Å². The van der Waals surface area contributed by atoms with Gasteiger partial charge in [0.2, 0.25) is 11.8 Å². The zero-order chi connectivity index (χ0) is 17.8. The van der Waals surface area contributed by atoms with Crippen molar-refractivity contribution in [1.82, 2.24) is 9.80 Å². The van der Waals surface area contributed by atoms with E-state index in [1.807, 2.05) is 17.0 Å². The minimum absolute atomic E-state index is 0.0380. The lowest BCUT2D eigenvalue weighted by atomic mass is 9.99. The Kier molecular flexibility index (Phi) is 5.34. The highest BCUT2D eigenvalue weighted by Crippen LogP contribution is 2.20. The van der Waals surface area contributed by atoms with Crippen LogP contribution in [-0.2, 0) is 22.6 Å². The van der Waals surface area contributed by atoms with Crippen molar-refractivity contribution in [2.45, 2.75) is 50.7 Å². The average Bonchev–Trinajstić information content (AvgIpc) is 3.13. The Balaban J connectivity index is 1.51. The van der Waals surface area contributed by atoms with E-state index in [4.69, 9.17) is 11.0 Å². The minimum Gasteiger partial charge on any atom is -0.338 e. The molecule has 0 unspecified atom stereocenters. The summed E-state index contributed by atoms with van der Waals surface area (Å²) in [5.41, 5.74) is 8.49. The molecule has 2 heterocycles. The van der Waals surface area contributed by atoms with E-state index in [-0.39, 0.29) is 24.3 Å². The topological polar surface area (TPSA) is 90.4 Å². The molecule has 6 heteroatoms. The van der Waals surface area contributed by atoms with Crippen molar-refractivity contribution in [3.63, 3.8) is 0 Å². The number of carbonyl (C=O) groups excluding carboxylic acids is 2. The molecule has 1 aromatic carbocycles. The van der Waals surface area contributed by atoms with E-state index in [0.717, 1.165) is 12.8 Å². The molecule has 2 amide bonds. The molecule has 1 fully saturated rings. The lowest BCUT2D eigenvalue weighted by molar-refractivity contribution is -0.134. The Labute approximate surface area is 148 Å². The second-order valence-corrected chi connectivity index (χ2v) is 6.80. The summed E-state index contributed by atoms with van der Waals surface area (Å²) in [6, 6.07) is 9.24. The van der Waals surface area contributed by atoms with Crippen molar-refractivity contribution in [2.75, 3.05) is 13.1 Å². The standard InChI is InChI=1S/C19H24N4O2/c20-12-16-6-3-10-23(16)19(25)17(21)7-8-18(24)22-11-9-14-4-1-2-5-15(14)13-22/h1-2,4-5,16-17H,3,6-11,13,21H2/t16-,17-/m0/s1. The van der Waals surface area contributed by atoms with Crippen LogP contribution in [0, 0.1) is 11.3 Å². The molecule has 25 heavy (non-hydrogen) atoms. The molecule has 6 nitrogen and oxygen atoms in total. The van der Waals surface area contributed by atoms with Crippen molar-refractivity contribution in [3.05, 3.63) is 35.4 Å². The molecule has 0 aromatic heterocycles. The van der Waals surface area contributed by atoms with Gasteiger partial charge in [0.1, 0.15) is 6.04 Å². The van der Waals surface area contributed by atoms with Gasteiger partial charge in [-0.1, -0.05) is 24.3 Å². The SMILES string of the molecule is N#C[C@@H]1CCCN1C(=O)[C@@H](N)CCC(=O)N1CCc2ccccc2C1. The quantitative estimate of drug-likeness (QED) is 0.891.